The first-order valence-electron chi connectivity index (χ1n) is 5.50. The van der Waals surface area contributed by atoms with E-state index in [0.717, 1.165) is 12.1 Å². The lowest BCUT2D eigenvalue weighted by atomic mass is 10.0. The van der Waals surface area contributed by atoms with Crippen molar-refractivity contribution in [3.8, 4) is 0 Å². The third-order valence-corrected chi connectivity index (χ3v) is 2.28. The molecule has 2 heterocycles. The van der Waals surface area contributed by atoms with Gasteiger partial charge in [0, 0.05) is 0 Å². The standard InChI is InChI=1S/C10H15N7/c1-7(2)3-9(10-14-16-17-15-10)13-8-4-11-6-12-5-8/h4-7,9,13H,3H2,1-2H3,(H,14,15,16,17). The van der Waals surface area contributed by atoms with Gasteiger partial charge in [0.2, 0.25) is 0 Å². The quantitative estimate of drug-likeness (QED) is 0.805. The number of tetrazole rings is 1. The maximum atomic E-state index is 4.02. The normalized spacial score (nSPS) is 12.6. The van der Waals surface area contributed by atoms with Crippen LogP contribution >= 0.6 is 0 Å². The van der Waals surface area contributed by atoms with Crippen LogP contribution in [0.15, 0.2) is 18.7 Å². The molecule has 0 saturated heterocycles. The van der Waals surface area contributed by atoms with Crippen molar-refractivity contribution in [2.75, 3.05) is 5.32 Å². The largest absolute Gasteiger partial charge is 0.372 e. The summed E-state index contributed by atoms with van der Waals surface area (Å²) in [5.41, 5.74) is 0.850. The van der Waals surface area contributed by atoms with Gasteiger partial charge in [0.05, 0.1) is 24.1 Å². The zero-order chi connectivity index (χ0) is 12.1. The number of hydrogen-bond donors (Lipinski definition) is 2. The number of aromatic amines is 1. The number of rotatable bonds is 5. The summed E-state index contributed by atoms with van der Waals surface area (Å²) in [6, 6.07) is 0.0137. The molecule has 1 atom stereocenters. The van der Waals surface area contributed by atoms with Crippen LogP contribution in [-0.4, -0.2) is 30.6 Å². The minimum absolute atomic E-state index is 0.0137. The number of aromatic nitrogens is 6. The lowest BCUT2D eigenvalue weighted by Gasteiger charge is -2.17. The fraction of sp³-hybridized carbons (Fsp3) is 0.500. The molecule has 0 spiro atoms. The fourth-order valence-corrected chi connectivity index (χ4v) is 1.59. The molecule has 2 rings (SSSR count). The number of nitrogens with zero attached hydrogens (tertiary/aromatic N) is 5. The summed E-state index contributed by atoms with van der Waals surface area (Å²) in [4.78, 5) is 7.92. The van der Waals surface area contributed by atoms with E-state index >= 15 is 0 Å². The van der Waals surface area contributed by atoms with Crippen molar-refractivity contribution in [3.05, 3.63) is 24.5 Å². The zero-order valence-electron chi connectivity index (χ0n) is 9.83. The van der Waals surface area contributed by atoms with E-state index in [0.29, 0.717) is 11.7 Å². The first-order chi connectivity index (χ1) is 8.25. The minimum Gasteiger partial charge on any atom is -0.372 e. The van der Waals surface area contributed by atoms with Crippen molar-refractivity contribution in [3.63, 3.8) is 0 Å². The zero-order valence-corrected chi connectivity index (χ0v) is 9.83. The summed E-state index contributed by atoms with van der Waals surface area (Å²) < 4.78 is 0. The van der Waals surface area contributed by atoms with E-state index in [1.165, 1.54) is 6.33 Å². The molecule has 2 aromatic rings. The Morgan fingerprint density at radius 2 is 2.06 bits per heavy atom. The van der Waals surface area contributed by atoms with Crippen LogP contribution < -0.4 is 5.32 Å². The molecule has 0 aliphatic heterocycles. The second kappa shape index (κ2) is 5.33. The van der Waals surface area contributed by atoms with Gasteiger partial charge >= 0.3 is 0 Å². The van der Waals surface area contributed by atoms with Gasteiger partial charge in [0.1, 0.15) is 6.33 Å². The summed E-state index contributed by atoms with van der Waals surface area (Å²) in [7, 11) is 0. The highest BCUT2D eigenvalue weighted by Crippen LogP contribution is 2.21. The highest BCUT2D eigenvalue weighted by atomic mass is 15.5. The maximum absolute atomic E-state index is 4.02. The topological polar surface area (TPSA) is 92.3 Å². The van der Waals surface area contributed by atoms with Crippen LogP contribution in [0.1, 0.15) is 32.1 Å². The summed E-state index contributed by atoms with van der Waals surface area (Å²) in [6.45, 7) is 4.30. The molecule has 0 aromatic carbocycles. The predicted molar refractivity (Wildman–Crippen MR) is 62.0 cm³/mol. The Morgan fingerprint density at radius 1 is 1.29 bits per heavy atom. The third-order valence-electron chi connectivity index (χ3n) is 2.28. The molecule has 90 valence electrons. The van der Waals surface area contributed by atoms with Gasteiger partial charge in [-0.05, 0) is 12.3 Å². The first-order valence-corrected chi connectivity index (χ1v) is 5.50. The van der Waals surface area contributed by atoms with Crippen molar-refractivity contribution in [2.45, 2.75) is 26.3 Å². The van der Waals surface area contributed by atoms with E-state index in [2.05, 4.69) is 49.8 Å². The van der Waals surface area contributed by atoms with Crippen molar-refractivity contribution in [2.24, 2.45) is 5.92 Å². The molecule has 0 amide bonds. The molecule has 2 aromatic heterocycles. The third kappa shape index (κ3) is 3.20. The van der Waals surface area contributed by atoms with Crippen LogP contribution in [0.3, 0.4) is 0 Å². The van der Waals surface area contributed by atoms with Crippen LogP contribution in [0.25, 0.3) is 0 Å². The monoisotopic (exact) mass is 233 g/mol. The van der Waals surface area contributed by atoms with Crippen LogP contribution in [0.4, 0.5) is 5.69 Å². The summed E-state index contributed by atoms with van der Waals surface area (Å²) >= 11 is 0. The second-order valence-corrected chi connectivity index (χ2v) is 4.22. The Morgan fingerprint density at radius 3 is 2.65 bits per heavy atom. The molecule has 0 radical (unpaired) electrons. The predicted octanol–water partition coefficient (Wildman–Crippen LogP) is 1.19. The number of H-pyrrole nitrogens is 1. The minimum atomic E-state index is 0.0137. The van der Waals surface area contributed by atoms with Crippen molar-refractivity contribution in [1.29, 1.82) is 0 Å². The summed E-state index contributed by atoms with van der Waals surface area (Å²) in [6.07, 6.45) is 5.85. The smallest absolute Gasteiger partial charge is 0.196 e. The molecule has 0 bridgehead atoms. The Hall–Kier alpha value is -2.05. The van der Waals surface area contributed by atoms with E-state index in [4.69, 9.17) is 0 Å². The van der Waals surface area contributed by atoms with Crippen molar-refractivity contribution < 1.29 is 0 Å². The molecule has 7 nitrogen and oxygen atoms in total. The van der Waals surface area contributed by atoms with Crippen LogP contribution in [0.2, 0.25) is 0 Å². The van der Waals surface area contributed by atoms with Gasteiger partial charge in [-0.1, -0.05) is 19.1 Å². The average Bonchev–Trinajstić information content (AvgIpc) is 2.82. The van der Waals surface area contributed by atoms with Gasteiger partial charge in [-0.3, -0.25) is 0 Å². The van der Waals surface area contributed by atoms with E-state index in [1.807, 2.05) is 0 Å². The van der Waals surface area contributed by atoms with Crippen LogP contribution in [0, 0.1) is 5.92 Å². The lowest BCUT2D eigenvalue weighted by molar-refractivity contribution is 0.515. The lowest BCUT2D eigenvalue weighted by Crippen LogP contribution is -2.15. The Labute approximate surface area is 99.1 Å². The molecule has 17 heavy (non-hydrogen) atoms. The number of anilines is 1. The van der Waals surface area contributed by atoms with Gasteiger partial charge in [-0.15, -0.1) is 10.2 Å². The maximum Gasteiger partial charge on any atom is 0.196 e. The molecule has 2 N–H and O–H groups in total. The van der Waals surface area contributed by atoms with Gasteiger partial charge < -0.3 is 5.32 Å². The van der Waals surface area contributed by atoms with E-state index in [9.17, 15) is 0 Å². The van der Waals surface area contributed by atoms with Crippen LogP contribution in [0.5, 0.6) is 0 Å². The molecule has 0 aliphatic carbocycles. The average molecular weight is 233 g/mol. The van der Waals surface area contributed by atoms with Crippen molar-refractivity contribution >= 4 is 5.69 Å². The van der Waals surface area contributed by atoms with E-state index in [1.54, 1.807) is 12.4 Å². The van der Waals surface area contributed by atoms with E-state index in [-0.39, 0.29) is 6.04 Å². The molecule has 0 fully saturated rings. The highest BCUT2D eigenvalue weighted by molar-refractivity contribution is 5.39. The molecule has 7 heteroatoms. The molecular formula is C10H15N7. The van der Waals surface area contributed by atoms with Crippen molar-refractivity contribution in [1.82, 2.24) is 30.6 Å². The summed E-state index contributed by atoms with van der Waals surface area (Å²) in [5.74, 6) is 1.18. The molecule has 0 saturated carbocycles. The number of hydrogen-bond acceptors (Lipinski definition) is 6. The van der Waals surface area contributed by atoms with Gasteiger partial charge in [-0.25, -0.2) is 9.97 Å². The van der Waals surface area contributed by atoms with Gasteiger partial charge in [0.25, 0.3) is 0 Å². The van der Waals surface area contributed by atoms with E-state index < -0.39 is 0 Å². The first kappa shape index (κ1) is 11.4. The Bertz CT molecular complexity index is 425. The number of nitrogens with one attached hydrogen (secondary N) is 2. The van der Waals surface area contributed by atoms with Gasteiger partial charge in [-0.2, -0.15) is 5.21 Å². The van der Waals surface area contributed by atoms with Gasteiger partial charge in [0.15, 0.2) is 5.82 Å². The SMILES string of the molecule is CC(C)CC(Nc1cncnc1)c1nn[nH]n1. The highest BCUT2D eigenvalue weighted by Gasteiger charge is 2.17. The second-order valence-electron chi connectivity index (χ2n) is 4.22. The molecular weight excluding hydrogens is 218 g/mol. The summed E-state index contributed by atoms with van der Waals surface area (Å²) in [5, 5.41) is 17.4. The Kier molecular flexibility index (Phi) is 3.59. The van der Waals surface area contributed by atoms with Crippen LogP contribution in [-0.2, 0) is 0 Å². The molecule has 0 aliphatic rings. The Balaban J connectivity index is 2.11. The molecule has 1 unspecified atom stereocenters. The fourth-order valence-electron chi connectivity index (χ4n) is 1.59.